The normalized spacial score (nSPS) is 23.4. The molecular weight excluding hydrogens is 535 g/mol. The lowest BCUT2D eigenvalue weighted by molar-refractivity contribution is -0.305. The van der Waals surface area contributed by atoms with Gasteiger partial charge in [0.05, 0.1) is 31.4 Å². The van der Waals surface area contributed by atoms with Crippen molar-refractivity contribution >= 4 is 6.21 Å². The molecule has 0 saturated carbocycles. The van der Waals surface area contributed by atoms with E-state index >= 15 is 0 Å². The molecule has 216 valence electrons. The Bertz CT molecular complexity index is 1280. The van der Waals surface area contributed by atoms with Gasteiger partial charge in [0.25, 0.3) is 6.29 Å². The van der Waals surface area contributed by atoms with Crippen LogP contribution in [0.25, 0.3) is 16.9 Å². The Morgan fingerprint density at radius 2 is 1.65 bits per heavy atom. The zero-order valence-corrected chi connectivity index (χ0v) is 22.5. The van der Waals surface area contributed by atoms with Crippen LogP contribution in [-0.4, -0.2) is 81.3 Å². The molecule has 1 aliphatic rings. The molecule has 5 atom stereocenters. The Hall–Kier alpha value is -3.65. The molecule has 1 aromatic heterocycles. The molecule has 1 fully saturated rings. The second-order valence-corrected chi connectivity index (χ2v) is 8.82. The molecule has 0 N–H and O–H groups in total. The first-order chi connectivity index (χ1) is 19.2. The van der Waals surface area contributed by atoms with E-state index in [1.54, 1.807) is 43.4 Å². The first-order valence-corrected chi connectivity index (χ1v) is 12.2. The molecule has 0 unspecified atom stereocenters. The predicted molar refractivity (Wildman–Crippen MR) is 138 cm³/mol. The third-order valence-corrected chi connectivity index (χ3v) is 6.36. The zero-order chi connectivity index (χ0) is 28.9. The second-order valence-electron chi connectivity index (χ2n) is 8.82. The van der Waals surface area contributed by atoms with Gasteiger partial charge in [-0.1, -0.05) is 5.16 Å². The topological polar surface area (TPSA) is 94.8 Å². The molecule has 0 aliphatic carbocycles. The Kier molecular flexibility index (Phi) is 9.30. The van der Waals surface area contributed by atoms with Gasteiger partial charge in [-0.05, 0) is 55.0 Å². The minimum Gasteiger partial charge on any atom is -0.496 e. The number of nitrogens with zero attached hydrogens (tertiary/aromatic N) is 3. The lowest BCUT2D eigenvalue weighted by Crippen LogP contribution is -2.59. The number of rotatable bonds is 10. The fourth-order valence-electron chi connectivity index (χ4n) is 4.48. The Labute approximate surface area is 229 Å². The largest absolute Gasteiger partial charge is 0.573 e. The molecule has 4 rings (SSSR count). The van der Waals surface area contributed by atoms with E-state index in [4.69, 9.17) is 28.5 Å². The third-order valence-electron chi connectivity index (χ3n) is 6.36. The predicted octanol–water partition coefficient (Wildman–Crippen LogP) is 4.59. The van der Waals surface area contributed by atoms with Crippen LogP contribution >= 0.6 is 0 Å². The summed E-state index contributed by atoms with van der Waals surface area (Å²) < 4.78 is 71.0. The van der Waals surface area contributed by atoms with Crippen LogP contribution in [0, 0.1) is 0 Å². The molecule has 0 spiro atoms. The summed E-state index contributed by atoms with van der Waals surface area (Å²) in [5.74, 6) is 0.253. The van der Waals surface area contributed by atoms with Gasteiger partial charge in [-0.3, -0.25) is 0 Å². The van der Waals surface area contributed by atoms with Gasteiger partial charge in [-0.25, -0.2) is 4.98 Å². The SMILES string of the molecule is COc1ccc(/C=N/O[C@@H]2O[C@@H](C)[C@H](OC)[C@@H](OC)[C@H]2OC)cc1-c1cn(-c2ccc(OC(F)(F)F)cc2)cn1. The molecule has 0 radical (unpaired) electrons. The van der Waals surface area contributed by atoms with E-state index in [0.29, 0.717) is 28.3 Å². The summed E-state index contributed by atoms with van der Waals surface area (Å²) >= 11 is 0. The van der Waals surface area contributed by atoms with E-state index in [1.807, 2.05) is 13.0 Å². The van der Waals surface area contributed by atoms with E-state index in [2.05, 4.69) is 14.9 Å². The molecule has 3 aromatic rings. The van der Waals surface area contributed by atoms with E-state index in [1.165, 1.54) is 44.7 Å². The van der Waals surface area contributed by atoms with E-state index in [-0.39, 0.29) is 18.0 Å². The number of imidazole rings is 1. The summed E-state index contributed by atoms with van der Waals surface area (Å²) in [4.78, 5) is 10.1. The standard InChI is InChI=1S/C27H30F3N3O7/c1-16-23(35-3)24(36-4)25(37-5)26(38-16)40-32-13-17-6-11-22(34-2)20(12-17)21-14-33(15-31-21)18-7-9-19(10-8-18)39-27(28,29)30/h6-16,23-26H,1-5H3/b32-13+/t16-,23-,24+,25+,26-/m0/s1. The van der Waals surface area contributed by atoms with Gasteiger partial charge in [-0.2, -0.15) is 0 Å². The number of methoxy groups -OCH3 is 4. The summed E-state index contributed by atoms with van der Waals surface area (Å²) in [6.07, 6.45) is -2.45. The molecule has 2 aromatic carbocycles. The van der Waals surface area contributed by atoms with Crippen molar-refractivity contribution in [1.82, 2.24) is 9.55 Å². The first-order valence-electron chi connectivity index (χ1n) is 12.2. The number of hydrogen-bond acceptors (Lipinski definition) is 9. The third kappa shape index (κ3) is 6.73. The minimum absolute atomic E-state index is 0.311. The van der Waals surface area contributed by atoms with Crippen LogP contribution in [0.2, 0.25) is 0 Å². The van der Waals surface area contributed by atoms with Crippen molar-refractivity contribution in [3.63, 3.8) is 0 Å². The smallest absolute Gasteiger partial charge is 0.496 e. The van der Waals surface area contributed by atoms with Crippen LogP contribution in [0.5, 0.6) is 11.5 Å². The molecule has 0 amide bonds. The molecule has 1 saturated heterocycles. The molecule has 40 heavy (non-hydrogen) atoms. The molecule has 1 aliphatic heterocycles. The van der Waals surface area contributed by atoms with Crippen LogP contribution in [0.1, 0.15) is 12.5 Å². The summed E-state index contributed by atoms with van der Waals surface area (Å²) in [6.45, 7) is 1.85. The minimum atomic E-state index is -4.76. The maximum atomic E-state index is 12.5. The van der Waals surface area contributed by atoms with Crippen LogP contribution < -0.4 is 9.47 Å². The number of oxime groups is 1. The van der Waals surface area contributed by atoms with Gasteiger partial charge in [0.15, 0.2) is 6.10 Å². The number of aromatic nitrogens is 2. The van der Waals surface area contributed by atoms with Gasteiger partial charge in [0.1, 0.15) is 23.7 Å². The van der Waals surface area contributed by atoms with Crippen molar-refractivity contribution in [2.24, 2.45) is 5.16 Å². The summed E-state index contributed by atoms with van der Waals surface area (Å²) in [6, 6.07) is 10.8. The van der Waals surface area contributed by atoms with Crippen molar-refractivity contribution in [3.05, 3.63) is 60.6 Å². The monoisotopic (exact) mass is 565 g/mol. The van der Waals surface area contributed by atoms with Crippen LogP contribution in [0.4, 0.5) is 13.2 Å². The Balaban J connectivity index is 1.50. The molecule has 10 nitrogen and oxygen atoms in total. The first kappa shape index (κ1) is 29.3. The van der Waals surface area contributed by atoms with Crippen molar-refractivity contribution in [2.45, 2.75) is 44.0 Å². The van der Waals surface area contributed by atoms with E-state index < -0.39 is 24.9 Å². The molecule has 13 heteroatoms. The highest BCUT2D eigenvalue weighted by atomic mass is 19.4. The highest BCUT2D eigenvalue weighted by molar-refractivity contribution is 5.83. The van der Waals surface area contributed by atoms with Crippen molar-refractivity contribution in [3.8, 4) is 28.4 Å². The molecular formula is C27H30F3N3O7. The summed E-state index contributed by atoms with van der Waals surface area (Å²) in [5, 5.41) is 4.11. The number of halogens is 3. The maximum Gasteiger partial charge on any atom is 0.573 e. The number of hydrogen-bond donors (Lipinski definition) is 0. The maximum absolute atomic E-state index is 12.5. The highest BCUT2D eigenvalue weighted by Crippen LogP contribution is 2.31. The van der Waals surface area contributed by atoms with E-state index in [0.717, 1.165) is 0 Å². The summed E-state index contributed by atoms with van der Waals surface area (Å²) in [5.41, 5.74) is 2.52. The van der Waals surface area contributed by atoms with Crippen molar-refractivity contribution in [1.29, 1.82) is 0 Å². The van der Waals surface area contributed by atoms with Gasteiger partial charge < -0.3 is 37.8 Å². The Morgan fingerprint density at radius 1 is 0.950 bits per heavy atom. The fourth-order valence-corrected chi connectivity index (χ4v) is 4.48. The van der Waals surface area contributed by atoms with Gasteiger partial charge in [0.2, 0.25) is 0 Å². The van der Waals surface area contributed by atoms with Crippen molar-refractivity contribution in [2.75, 3.05) is 28.4 Å². The van der Waals surface area contributed by atoms with Crippen molar-refractivity contribution < 1.29 is 46.4 Å². The fraction of sp³-hybridized carbons (Fsp3) is 0.407. The average molecular weight is 566 g/mol. The van der Waals surface area contributed by atoms with Crippen LogP contribution in [0.3, 0.4) is 0 Å². The quantitative estimate of drug-likeness (QED) is 0.260. The van der Waals surface area contributed by atoms with Gasteiger partial charge in [-0.15, -0.1) is 13.2 Å². The van der Waals surface area contributed by atoms with Crippen LogP contribution in [-0.2, 0) is 23.8 Å². The molecule has 2 heterocycles. The van der Waals surface area contributed by atoms with Crippen LogP contribution in [0.15, 0.2) is 60.1 Å². The van der Waals surface area contributed by atoms with Gasteiger partial charge >= 0.3 is 6.36 Å². The molecule has 0 bridgehead atoms. The average Bonchev–Trinajstić information content (AvgIpc) is 3.42. The lowest BCUT2D eigenvalue weighted by Gasteiger charge is -2.42. The van der Waals surface area contributed by atoms with Gasteiger partial charge in [0, 0.05) is 38.8 Å². The lowest BCUT2D eigenvalue weighted by atomic mass is 9.99. The number of benzene rings is 2. The number of alkyl halides is 3. The zero-order valence-electron chi connectivity index (χ0n) is 22.5. The Morgan fingerprint density at radius 3 is 2.27 bits per heavy atom. The summed E-state index contributed by atoms with van der Waals surface area (Å²) in [7, 11) is 6.22. The second kappa shape index (κ2) is 12.7. The van der Waals surface area contributed by atoms with E-state index in [9.17, 15) is 13.2 Å². The number of ether oxygens (including phenoxy) is 6. The highest BCUT2D eigenvalue weighted by Gasteiger charge is 2.47.